The van der Waals surface area contributed by atoms with Gasteiger partial charge in [0.25, 0.3) is 5.91 Å². The largest absolute Gasteiger partial charge is 0.497 e. The van der Waals surface area contributed by atoms with Gasteiger partial charge in [0.2, 0.25) is 5.91 Å². The van der Waals surface area contributed by atoms with Crippen LogP contribution in [0.3, 0.4) is 0 Å². The quantitative estimate of drug-likeness (QED) is 0.388. The number of H-pyrrole nitrogens is 1. The van der Waals surface area contributed by atoms with E-state index in [4.69, 9.17) is 4.74 Å². The van der Waals surface area contributed by atoms with E-state index in [0.717, 1.165) is 40.7 Å². The van der Waals surface area contributed by atoms with Crippen LogP contribution in [0.25, 0.3) is 10.9 Å². The van der Waals surface area contributed by atoms with Gasteiger partial charge < -0.3 is 25.3 Å². The van der Waals surface area contributed by atoms with Crippen LogP contribution in [0, 0.1) is 12.8 Å². The molecule has 1 saturated carbocycles. The molecule has 1 unspecified atom stereocenters. The smallest absolute Gasteiger partial charge is 0.268 e. The number of nitrogens with one attached hydrogen (secondary N) is 3. The second-order valence-corrected chi connectivity index (χ2v) is 9.86. The maximum atomic E-state index is 13.2. The average Bonchev–Trinajstić information content (AvgIpc) is 3.62. The summed E-state index contributed by atoms with van der Waals surface area (Å²) in [5, 5.41) is 6.99. The number of amides is 2. The minimum Gasteiger partial charge on any atom is -0.497 e. The van der Waals surface area contributed by atoms with Crippen LogP contribution >= 0.6 is 0 Å². The molecule has 1 atom stereocenters. The molecule has 1 fully saturated rings. The van der Waals surface area contributed by atoms with E-state index in [1.54, 1.807) is 7.11 Å². The summed E-state index contributed by atoms with van der Waals surface area (Å²) < 4.78 is 5.30. The summed E-state index contributed by atoms with van der Waals surface area (Å²) in [5.74, 6) is 0.990. The molecule has 0 radical (unpaired) electrons. The minimum absolute atomic E-state index is 0.146. The summed E-state index contributed by atoms with van der Waals surface area (Å²) >= 11 is 0. The van der Waals surface area contributed by atoms with Gasteiger partial charge in [-0.05, 0) is 68.6 Å². The van der Waals surface area contributed by atoms with E-state index >= 15 is 0 Å². The number of fused-ring (bicyclic) bond motifs is 1. The molecule has 35 heavy (non-hydrogen) atoms. The van der Waals surface area contributed by atoms with Crippen molar-refractivity contribution in [3.8, 4) is 5.75 Å². The van der Waals surface area contributed by atoms with Crippen LogP contribution < -0.4 is 15.4 Å². The molecule has 4 rings (SSSR count). The lowest BCUT2D eigenvalue weighted by Crippen LogP contribution is -2.46. The summed E-state index contributed by atoms with van der Waals surface area (Å²) in [5.41, 5.74) is 4.44. The third-order valence-corrected chi connectivity index (χ3v) is 6.66. The molecular weight excluding hydrogens is 440 g/mol. The molecule has 1 aromatic heterocycles. The maximum Gasteiger partial charge on any atom is 0.268 e. The summed E-state index contributed by atoms with van der Waals surface area (Å²) in [6, 6.07) is 13.4. The monoisotopic (exact) mass is 476 g/mol. The zero-order valence-corrected chi connectivity index (χ0v) is 21.1. The SMILES string of the molecule is COc1ccc2c(C)c(C(=O)NC(CCC3CC3)C(=O)NCc3ccc(CN(C)C)cc3)[nH]c2c1. The molecule has 0 saturated heterocycles. The third kappa shape index (κ3) is 6.42. The Morgan fingerprint density at radius 3 is 2.49 bits per heavy atom. The maximum absolute atomic E-state index is 13.2. The number of benzene rings is 2. The predicted octanol–water partition coefficient (Wildman–Crippen LogP) is 4.15. The Morgan fingerprint density at radius 2 is 1.83 bits per heavy atom. The highest BCUT2D eigenvalue weighted by molar-refractivity contribution is 6.02. The van der Waals surface area contributed by atoms with Crippen LogP contribution in [0.4, 0.5) is 0 Å². The van der Waals surface area contributed by atoms with Gasteiger partial charge >= 0.3 is 0 Å². The Hall–Kier alpha value is -3.32. The molecular formula is C28H36N4O3. The van der Waals surface area contributed by atoms with Gasteiger partial charge in [-0.2, -0.15) is 0 Å². The van der Waals surface area contributed by atoms with Crippen molar-refractivity contribution >= 4 is 22.7 Å². The fraction of sp³-hybridized carbons (Fsp3) is 0.429. The lowest BCUT2D eigenvalue weighted by molar-refractivity contribution is -0.123. The topological polar surface area (TPSA) is 86.5 Å². The van der Waals surface area contributed by atoms with Crippen LogP contribution in [-0.4, -0.2) is 48.9 Å². The Bertz CT molecular complexity index is 1180. The molecule has 3 N–H and O–H groups in total. The number of rotatable bonds is 11. The molecule has 0 aliphatic heterocycles. The highest BCUT2D eigenvalue weighted by atomic mass is 16.5. The number of aryl methyl sites for hydroxylation is 1. The molecule has 0 spiro atoms. The van der Waals surface area contributed by atoms with Crippen LogP contribution in [0.1, 0.15) is 52.9 Å². The Labute approximate surface area is 207 Å². The van der Waals surface area contributed by atoms with E-state index in [9.17, 15) is 9.59 Å². The van der Waals surface area contributed by atoms with Crippen molar-refractivity contribution in [2.45, 2.75) is 51.7 Å². The van der Waals surface area contributed by atoms with Gasteiger partial charge in [-0.3, -0.25) is 9.59 Å². The lowest BCUT2D eigenvalue weighted by atomic mass is 10.1. The molecule has 1 heterocycles. The zero-order chi connectivity index (χ0) is 24.9. The standard InChI is InChI=1S/C28H36N4O3/c1-18-23-13-12-22(35-4)15-25(23)30-26(18)28(34)31-24(14-11-19-5-6-19)27(33)29-16-20-7-9-21(10-8-20)17-32(2)3/h7-10,12-13,15,19,24,30H,5-6,11,14,16-17H2,1-4H3,(H,29,33)(H,31,34). The van der Waals surface area contributed by atoms with Crippen LogP contribution in [0.15, 0.2) is 42.5 Å². The van der Waals surface area contributed by atoms with Gasteiger partial charge in [-0.25, -0.2) is 0 Å². The first-order chi connectivity index (χ1) is 16.8. The molecule has 1 aliphatic rings. The number of carbonyl (C=O) groups is 2. The van der Waals surface area contributed by atoms with E-state index < -0.39 is 6.04 Å². The van der Waals surface area contributed by atoms with E-state index in [1.165, 1.54) is 18.4 Å². The fourth-order valence-corrected chi connectivity index (χ4v) is 4.42. The molecule has 2 amide bonds. The number of methoxy groups -OCH3 is 1. The molecule has 0 bridgehead atoms. The van der Waals surface area contributed by atoms with Crippen molar-refractivity contribution in [2.75, 3.05) is 21.2 Å². The zero-order valence-electron chi connectivity index (χ0n) is 21.1. The summed E-state index contributed by atoms with van der Waals surface area (Å²) in [6.07, 6.45) is 4.01. The average molecular weight is 477 g/mol. The fourth-order valence-electron chi connectivity index (χ4n) is 4.42. The Balaban J connectivity index is 1.42. The highest BCUT2D eigenvalue weighted by Gasteiger charge is 2.27. The number of nitrogens with zero attached hydrogens (tertiary/aromatic N) is 1. The van der Waals surface area contributed by atoms with Crippen molar-refractivity contribution < 1.29 is 14.3 Å². The number of aromatic amines is 1. The van der Waals surface area contributed by atoms with Gasteiger partial charge in [0.1, 0.15) is 17.5 Å². The van der Waals surface area contributed by atoms with Crippen molar-refractivity contribution in [1.82, 2.24) is 20.5 Å². The van der Waals surface area contributed by atoms with Crippen molar-refractivity contribution in [2.24, 2.45) is 5.92 Å². The molecule has 2 aromatic carbocycles. The highest BCUT2D eigenvalue weighted by Crippen LogP contribution is 2.34. The number of hydrogen-bond donors (Lipinski definition) is 3. The summed E-state index contributed by atoms with van der Waals surface area (Å²) in [4.78, 5) is 31.6. The van der Waals surface area contributed by atoms with Crippen molar-refractivity contribution in [3.63, 3.8) is 0 Å². The number of hydrogen-bond acceptors (Lipinski definition) is 4. The molecule has 7 nitrogen and oxygen atoms in total. The molecule has 186 valence electrons. The Morgan fingerprint density at radius 1 is 1.11 bits per heavy atom. The van der Waals surface area contributed by atoms with Gasteiger partial charge in [0.05, 0.1) is 7.11 Å². The third-order valence-electron chi connectivity index (χ3n) is 6.66. The first-order valence-corrected chi connectivity index (χ1v) is 12.3. The number of carbonyl (C=O) groups excluding carboxylic acids is 2. The predicted molar refractivity (Wildman–Crippen MR) is 138 cm³/mol. The van der Waals surface area contributed by atoms with Crippen LogP contribution in [0.2, 0.25) is 0 Å². The van der Waals surface area contributed by atoms with Gasteiger partial charge in [-0.15, -0.1) is 0 Å². The van der Waals surface area contributed by atoms with E-state index in [2.05, 4.69) is 32.7 Å². The number of ether oxygens (including phenoxy) is 1. The van der Waals surface area contributed by atoms with E-state index in [0.29, 0.717) is 24.6 Å². The normalized spacial score (nSPS) is 14.2. The first kappa shape index (κ1) is 24.8. The first-order valence-electron chi connectivity index (χ1n) is 12.3. The van der Waals surface area contributed by atoms with Gasteiger partial charge in [0.15, 0.2) is 0 Å². The van der Waals surface area contributed by atoms with Crippen LogP contribution in [0.5, 0.6) is 5.75 Å². The Kier molecular flexibility index (Phi) is 7.76. The second-order valence-electron chi connectivity index (χ2n) is 9.86. The second kappa shape index (κ2) is 11.0. The lowest BCUT2D eigenvalue weighted by Gasteiger charge is -2.19. The summed E-state index contributed by atoms with van der Waals surface area (Å²) in [7, 11) is 5.70. The number of aromatic nitrogens is 1. The summed E-state index contributed by atoms with van der Waals surface area (Å²) in [6.45, 7) is 3.23. The van der Waals surface area contributed by atoms with Gasteiger partial charge in [-0.1, -0.05) is 37.1 Å². The van der Waals surface area contributed by atoms with Crippen molar-refractivity contribution in [1.29, 1.82) is 0 Å². The molecule has 3 aromatic rings. The van der Waals surface area contributed by atoms with Gasteiger partial charge in [0, 0.05) is 30.1 Å². The van der Waals surface area contributed by atoms with E-state index in [1.807, 2.05) is 51.4 Å². The van der Waals surface area contributed by atoms with E-state index in [-0.39, 0.29) is 11.8 Å². The van der Waals surface area contributed by atoms with Crippen molar-refractivity contribution in [3.05, 3.63) is 64.8 Å². The minimum atomic E-state index is -0.573. The molecule has 1 aliphatic carbocycles. The molecule has 7 heteroatoms. The van der Waals surface area contributed by atoms with Crippen LogP contribution in [-0.2, 0) is 17.9 Å².